The highest BCUT2D eigenvalue weighted by Gasteiger charge is 2.29. The van der Waals surface area contributed by atoms with Gasteiger partial charge < -0.3 is 15.4 Å². The smallest absolute Gasteiger partial charge is 0.191 e. The van der Waals surface area contributed by atoms with Gasteiger partial charge in [0.1, 0.15) is 11.6 Å². The van der Waals surface area contributed by atoms with Crippen molar-refractivity contribution in [2.24, 2.45) is 5.84 Å². The molecule has 2 heterocycles. The molecule has 0 bridgehead atoms. The molecule has 1 atom stereocenters. The number of nitrogen functional groups attached to an aromatic ring is 1. The number of hydrazine groups is 1. The van der Waals surface area contributed by atoms with E-state index in [1.165, 1.54) is 11.8 Å². The molecular weight excluding hydrogens is 250 g/mol. The zero-order chi connectivity index (χ0) is 13.2. The molecule has 0 amide bonds. The molecule has 2 rings (SSSR count). The van der Waals surface area contributed by atoms with Crippen molar-refractivity contribution in [3.8, 4) is 0 Å². The number of hydrogen-bond donors (Lipinski definition) is 3. The van der Waals surface area contributed by atoms with Gasteiger partial charge in [0, 0.05) is 19.2 Å². The summed E-state index contributed by atoms with van der Waals surface area (Å²) in [5.74, 6) is 6.81. The number of nitrogens with one attached hydrogen (secondary N) is 1. The second-order valence-electron chi connectivity index (χ2n) is 4.76. The third-order valence-corrected chi connectivity index (χ3v) is 3.57. The van der Waals surface area contributed by atoms with Crippen molar-refractivity contribution in [1.29, 1.82) is 0 Å². The SMILES string of the molecule is CSc1nc(NN)cc(N2CCCC(C)(O)C2)n1. The van der Waals surface area contributed by atoms with Crippen LogP contribution in [0.5, 0.6) is 0 Å². The molecule has 18 heavy (non-hydrogen) atoms. The van der Waals surface area contributed by atoms with E-state index in [9.17, 15) is 5.11 Å². The van der Waals surface area contributed by atoms with Gasteiger partial charge in [0.15, 0.2) is 5.16 Å². The zero-order valence-corrected chi connectivity index (χ0v) is 11.5. The third kappa shape index (κ3) is 3.04. The largest absolute Gasteiger partial charge is 0.388 e. The van der Waals surface area contributed by atoms with E-state index in [1.54, 1.807) is 6.07 Å². The fraction of sp³-hybridized carbons (Fsp3) is 0.636. The number of nitrogens with two attached hydrogens (primary N) is 1. The number of piperidine rings is 1. The second kappa shape index (κ2) is 5.29. The molecule has 1 unspecified atom stereocenters. The van der Waals surface area contributed by atoms with E-state index in [1.807, 2.05) is 13.2 Å². The minimum atomic E-state index is -0.654. The first-order chi connectivity index (χ1) is 8.54. The highest BCUT2D eigenvalue weighted by Crippen LogP contribution is 2.26. The van der Waals surface area contributed by atoms with Crippen LogP contribution in [0.25, 0.3) is 0 Å². The van der Waals surface area contributed by atoms with Gasteiger partial charge in [-0.2, -0.15) is 0 Å². The van der Waals surface area contributed by atoms with E-state index in [-0.39, 0.29) is 0 Å². The Morgan fingerprint density at radius 1 is 1.56 bits per heavy atom. The van der Waals surface area contributed by atoms with Gasteiger partial charge in [-0.1, -0.05) is 11.8 Å². The van der Waals surface area contributed by atoms with Crippen LogP contribution in [0.1, 0.15) is 19.8 Å². The lowest BCUT2D eigenvalue weighted by Crippen LogP contribution is -2.46. The maximum Gasteiger partial charge on any atom is 0.191 e. The Morgan fingerprint density at radius 3 is 2.94 bits per heavy atom. The second-order valence-corrected chi connectivity index (χ2v) is 5.54. The first-order valence-corrected chi connectivity index (χ1v) is 7.13. The van der Waals surface area contributed by atoms with Crippen molar-refractivity contribution in [3.05, 3.63) is 6.07 Å². The first kappa shape index (κ1) is 13.4. The molecule has 0 saturated carbocycles. The van der Waals surface area contributed by atoms with Gasteiger partial charge in [0.2, 0.25) is 0 Å². The summed E-state index contributed by atoms with van der Waals surface area (Å²) in [7, 11) is 0. The molecule has 0 spiro atoms. The minimum Gasteiger partial charge on any atom is -0.388 e. The highest BCUT2D eigenvalue weighted by molar-refractivity contribution is 7.98. The lowest BCUT2D eigenvalue weighted by atomic mass is 9.95. The molecule has 1 aliphatic rings. The van der Waals surface area contributed by atoms with Crippen molar-refractivity contribution >= 4 is 23.4 Å². The summed E-state index contributed by atoms with van der Waals surface area (Å²) in [6.07, 6.45) is 3.70. The number of aromatic nitrogens is 2. The molecule has 0 aliphatic carbocycles. The molecule has 0 radical (unpaired) electrons. The molecule has 6 nitrogen and oxygen atoms in total. The van der Waals surface area contributed by atoms with Crippen molar-refractivity contribution in [2.75, 3.05) is 29.7 Å². The van der Waals surface area contributed by atoms with Crippen LogP contribution in [0, 0.1) is 0 Å². The van der Waals surface area contributed by atoms with Crippen molar-refractivity contribution in [1.82, 2.24) is 9.97 Å². The quantitative estimate of drug-likeness (QED) is 0.324. The van der Waals surface area contributed by atoms with Gasteiger partial charge in [-0.05, 0) is 26.0 Å². The van der Waals surface area contributed by atoms with Crippen LogP contribution in [-0.4, -0.2) is 40.0 Å². The first-order valence-electron chi connectivity index (χ1n) is 5.91. The molecule has 0 aromatic carbocycles. The Bertz CT molecular complexity index is 404. The molecule has 7 heteroatoms. The minimum absolute atomic E-state index is 0.585. The molecular formula is C11H19N5OS. The Balaban J connectivity index is 2.26. The summed E-state index contributed by atoms with van der Waals surface area (Å²) in [5, 5.41) is 10.8. The number of nitrogens with zero attached hydrogens (tertiary/aromatic N) is 3. The van der Waals surface area contributed by atoms with Crippen LogP contribution in [0.15, 0.2) is 11.2 Å². The highest BCUT2D eigenvalue weighted by atomic mass is 32.2. The maximum atomic E-state index is 10.1. The third-order valence-electron chi connectivity index (χ3n) is 3.02. The predicted molar refractivity (Wildman–Crippen MR) is 73.7 cm³/mol. The van der Waals surface area contributed by atoms with Crippen LogP contribution in [0.4, 0.5) is 11.6 Å². The lowest BCUT2D eigenvalue weighted by Gasteiger charge is -2.37. The Hall–Kier alpha value is -1.05. The molecule has 1 fully saturated rings. The number of hydrogen-bond acceptors (Lipinski definition) is 7. The Kier molecular flexibility index (Phi) is 3.94. The Morgan fingerprint density at radius 2 is 2.33 bits per heavy atom. The summed E-state index contributed by atoms with van der Waals surface area (Å²) in [4.78, 5) is 10.8. The fourth-order valence-electron chi connectivity index (χ4n) is 2.16. The van der Waals surface area contributed by atoms with Crippen molar-refractivity contribution < 1.29 is 5.11 Å². The summed E-state index contributed by atoms with van der Waals surface area (Å²) < 4.78 is 0. The molecule has 4 N–H and O–H groups in total. The molecule has 1 saturated heterocycles. The van der Waals surface area contributed by atoms with Crippen LogP contribution in [-0.2, 0) is 0 Å². The number of thioether (sulfide) groups is 1. The fourth-order valence-corrected chi connectivity index (χ4v) is 2.53. The van der Waals surface area contributed by atoms with Crippen LogP contribution < -0.4 is 16.2 Å². The van der Waals surface area contributed by atoms with E-state index in [0.717, 1.165) is 25.2 Å². The molecule has 1 aromatic rings. The van der Waals surface area contributed by atoms with Crippen LogP contribution >= 0.6 is 11.8 Å². The van der Waals surface area contributed by atoms with Gasteiger partial charge in [-0.15, -0.1) is 0 Å². The molecule has 100 valence electrons. The zero-order valence-electron chi connectivity index (χ0n) is 10.7. The normalized spacial score (nSPS) is 24.1. The van der Waals surface area contributed by atoms with Crippen LogP contribution in [0.2, 0.25) is 0 Å². The average Bonchev–Trinajstić information content (AvgIpc) is 2.37. The van der Waals surface area contributed by atoms with Crippen molar-refractivity contribution in [2.45, 2.75) is 30.5 Å². The molecule has 1 aromatic heterocycles. The summed E-state index contributed by atoms with van der Waals surface area (Å²) in [6, 6.07) is 1.81. The topological polar surface area (TPSA) is 87.3 Å². The van der Waals surface area contributed by atoms with Gasteiger partial charge in [-0.25, -0.2) is 15.8 Å². The monoisotopic (exact) mass is 269 g/mol. The standard InChI is InChI=1S/C11H19N5OS/c1-11(17)4-3-5-16(7-11)9-6-8(15-12)13-10(14-9)18-2/h6,17H,3-5,7,12H2,1-2H3,(H,13,14,15). The van der Waals surface area contributed by atoms with Gasteiger partial charge >= 0.3 is 0 Å². The molecule has 1 aliphatic heterocycles. The predicted octanol–water partition coefficient (Wildman–Crippen LogP) is 0.835. The maximum absolute atomic E-state index is 10.1. The lowest BCUT2D eigenvalue weighted by molar-refractivity contribution is 0.0446. The number of anilines is 2. The Labute approximate surface area is 111 Å². The van der Waals surface area contributed by atoms with E-state index in [2.05, 4.69) is 20.3 Å². The van der Waals surface area contributed by atoms with E-state index in [0.29, 0.717) is 17.5 Å². The van der Waals surface area contributed by atoms with E-state index < -0.39 is 5.60 Å². The summed E-state index contributed by atoms with van der Waals surface area (Å²) in [5.41, 5.74) is 1.89. The van der Waals surface area contributed by atoms with Gasteiger partial charge in [0.25, 0.3) is 0 Å². The average molecular weight is 269 g/mol. The number of aliphatic hydroxyl groups is 1. The van der Waals surface area contributed by atoms with E-state index >= 15 is 0 Å². The van der Waals surface area contributed by atoms with Gasteiger partial charge in [-0.3, -0.25) is 0 Å². The number of rotatable bonds is 3. The summed E-state index contributed by atoms with van der Waals surface area (Å²) in [6.45, 7) is 3.34. The van der Waals surface area contributed by atoms with E-state index in [4.69, 9.17) is 5.84 Å². The van der Waals surface area contributed by atoms with Crippen LogP contribution in [0.3, 0.4) is 0 Å². The summed E-state index contributed by atoms with van der Waals surface area (Å²) >= 11 is 1.47. The number of β-amino-alcohol motifs (C(OH)–C–C–N with tert-alkyl or cyclic N) is 1. The van der Waals surface area contributed by atoms with Crippen molar-refractivity contribution in [3.63, 3.8) is 0 Å². The van der Waals surface area contributed by atoms with Gasteiger partial charge in [0.05, 0.1) is 5.60 Å².